The van der Waals surface area contributed by atoms with E-state index in [0.717, 1.165) is 67.0 Å². The third-order valence-electron chi connectivity index (χ3n) is 11.7. The zero-order valence-electron chi connectivity index (χ0n) is 29.2. The highest BCUT2D eigenvalue weighted by molar-refractivity contribution is 6.15. The topological polar surface area (TPSA) is 25.6 Å². The van der Waals surface area contributed by atoms with Gasteiger partial charge in [-0.25, -0.2) is 0 Å². The lowest BCUT2D eigenvalue weighted by molar-refractivity contribution is 0.435. The van der Waals surface area contributed by atoms with Crippen LogP contribution in [0.5, 0.6) is 11.5 Å². The van der Waals surface area contributed by atoms with Gasteiger partial charge in [0.25, 0.3) is 0 Å². The molecule has 252 valence electrons. The molecule has 0 N–H and O–H groups in total. The average molecular weight is 690 g/mol. The predicted molar refractivity (Wildman–Crippen MR) is 221 cm³/mol. The fourth-order valence-corrected chi connectivity index (χ4v) is 9.48. The first-order chi connectivity index (χ1) is 26.8. The second-order valence-electron chi connectivity index (χ2n) is 14.4. The van der Waals surface area contributed by atoms with Crippen LogP contribution in [0.4, 0.5) is 17.1 Å². The molecular formula is C51H31NO2. The molecule has 1 atom stereocenters. The van der Waals surface area contributed by atoms with E-state index in [1.807, 2.05) is 0 Å². The zero-order valence-corrected chi connectivity index (χ0v) is 29.2. The summed E-state index contributed by atoms with van der Waals surface area (Å²) in [6.45, 7) is 0. The Hall–Kier alpha value is -7.10. The van der Waals surface area contributed by atoms with Gasteiger partial charge in [-0.3, -0.25) is 0 Å². The van der Waals surface area contributed by atoms with Gasteiger partial charge in [-0.2, -0.15) is 0 Å². The summed E-state index contributed by atoms with van der Waals surface area (Å²) in [5, 5.41) is 7.05. The van der Waals surface area contributed by atoms with Gasteiger partial charge >= 0.3 is 0 Å². The lowest BCUT2D eigenvalue weighted by Crippen LogP contribution is -2.36. The van der Waals surface area contributed by atoms with E-state index in [0.29, 0.717) is 0 Å². The number of fused-ring (bicyclic) bond motifs is 13. The number of ether oxygens (including phenoxy) is 1. The average Bonchev–Trinajstić information content (AvgIpc) is 3.61. The number of hydrogen-bond acceptors (Lipinski definition) is 3. The highest BCUT2D eigenvalue weighted by Gasteiger charge is 2.49. The Kier molecular flexibility index (Phi) is 5.98. The van der Waals surface area contributed by atoms with Crippen molar-refractivity contribution in [2.45, 2.75) is 5.41 Å². The van der Waals surface area contributed by atoms with Gasteiger partial charge in [0.15, 0.2) is 0 Å². The molecule has 0 saturated carbocycles. The molecule has 0 saturated heterocycles. The van der Waals surface area contributed by atoms with E-state index in [1.165, 1.54) is 38.4 Å². The number of rotatable bonds is 3. The molecule has 9 aromatic carbocycles. The Morgan fingerprint density at radius 1 is 0.389 bits per heavy atom. The molecule has 3 heteroatoms. The second kappa shape index (κ2) is 11.0. The first kappa shape index (κ1) is 29.5. The zero-order chi connectivity index (χ0) is 35.4. The van der Waals surface area contributed by atoms with Crippen molar-refractivity contribution in [3.05, 3.63) is 210 Å². The second-order valence-corrected chi connectivity index (χ2v) is 14.4. The van der Waals surface area contributed by atoms with Gasteiger partial charge in [-0.1, -0.05) is 133 Å². The molecule has 1 aromatic heterocycles. The normalized spacial score (nSPS) is 15.3. The van der Waals surface area contributed by atoms with Crippen molar-refractivity contribution in [1.29, 1.82) is 0 Å². The van der Waals surface area contributed by atoms with Crippen molar-refractivity contribution >= 4 is 60.5 Å². The van der Waals surface area contributed by atoms with Crippen LogP contribution in [0.2, 0.25) is 0 Å². The van der Waals surface area contributed by atoms with Crippen LogP contribution in [0.1, 0.15) is 22.3 Å². The number of furan rings is 1. The minimum atomic E-state index is -0.583. The van der Waals surface area contributed by atoms with Crippen LogP contribution in [0.25, 0.3) is 54.6 Å². The van der Waals surface area contributed by atoms with Crippen LogP contribution in [-0.2, 0) is 5.41 Å². The highest BCUT2D eigenvalue weighted by Crippen LogP contribution is 2.61. The van der Waals surface area contributed by atoms with E-state index in [4.69, 9.17) is 9.15 Å². The first-order valence-electron chi connectivity index (χ1n) is 18.5. The van der Waals surface area contributed by atoms with E-state index < -0.39 is 5.41 Å². The predicted octanol–water partition coefficient (Wildman–Crippen LogP) is 13.8. The van der Waals surface area contributed by atoms with Crippen LogP contribution in [-0.4, -0.2) is 0 Å². The van der Waals surface area contributed by atoms with Gasteiger partial charge in [0.05, 0.1) is 5.41 Å². The molecule has 0 fully saturated rings. The smallest absolute Gasteiger partial charge is 0.143 e. The van der Waals surface area contributed by atoms with E-state index in [1.54, 1.807) is 0 Å². The highest BCUT2D eigenvalue weighted by atomic mass is 16.5. The minimum Gasteiger partial charge on any atom is -0.457 e. The quantitative estimate of drug-likeness (QED) is 0.185. The van der Waals surface area contributed by atoms with Crippen molar-refractivity contribution in [3.63, 3.8) is 0 Å². The molecule has 0 radical (unpaired) electrons. The third-order valence-corrected chi connectivity index (χ3v) is 11.7. The number of para-hydroxylation sites is 2. The maximum atomic E-state index is 6.97. The summed E-state index contributed by atoms with van der Waals surface area (Å²) in [7, 11) is 0. The molecule has 0 amide bonds. The van der Waals surface area contributed by atoms with Gasteiger partial charge in [0.2, 0.25) is 0 Å². The Labute approximate surface area is 311 Å². The van der Waals surface area contributed by atoms with E-state index in [-0.39, 0.29) is 0 Å². The van der Waals surface area contributed by atoms with Crippen molar-refractivity contribution in [2.75, 3.05) is 4.90 Å². The molecule has 3 nitrogen and oxygen atoms in total. The molecule has 1 aliphatic heterocycles. The molecule has 2 heterocycles. The maximum Gasteiger partial charge on any atom is 0.143 e. The largest absolute Gasteiger partial charge is 0.457 e. The standard InChI is InChI=1S/C51H31NO2/c1-2-15-34(16-3-1)52(35-25-28-39-41-27-24-32-12-4-5-17-37(32)50(41)54-47(39)30-35)36-26-29-44-48(31-36)53-46-23-9-8-21-43(46)51(44)42-20-7-6-18-38(42)40-19-10-13-33-14-11-22-45(51)49(33)40/h1-31H. The summed E-state index contributed by atoms with van der Waals surface area (Å²) >= 11 is 0. The van der Waals surface area contributed by atoms with Gasteiger partial charge < -0.3 is 14.1 Å². The summed E-state index contributed by atoms with van der Waals surface area (Å²) in [5.74, 6) is 1.71. The summed E-state index contributed by atoms with van der Waals surface area (Å²) in [6, 6.07) is 67.6. The molecule has 0 bridgehead atoms. The summed E-state index contributed by atoms with van der Waals surface area (Å²) in [6.07, 6.45) is 0. The molecule has 2 aliphatic rings. The number of benzene rings is 9. The van der Waals surface area contributed by atoms with Crippen molar-refractivity contribution in [2.24, 2.45) is 0 Å². The lowest BCUT2D eigenvalue weighted by Gasteiger charge is -2.45. The summed E-state index contributed by atoms with van der Waals surface area (Å²) in [5.41, 5.74) is 11.6. The van der Waals surface area contributed by atoms with E-state index in [2.05, 4.69) is 193 Å². The minimum absolute atomic E-state index is 0.583. The SMILES string of the molecule is c1ccc(N(c2ccc3c(c2)Oc2ccccc2C32c3ccccc3-c3cccc4cccc2c34)c2ccc3c(c2)oc2c4ccccc4ccc32)cc1. The monoisotopic (exact) mass is 689 g/mol. The van der Waals surface area contributed by atoms with Gasteiger partial charge in [0.1, 0.15) is 22.7 Å². The third kappa shape index (κ3) is 3.90. The Balaban J connectivity index is 1.10. The van der Waals surface area contributed by atoms with Gasteiger partial charge in [0, 0.05) is 56.5 Å². The van der Waals surface area contributed by atoms with Crippen molar-refractivity contribution < 1.29 is 9.15 Å². The van der Waals surface area contributed by atoms with E-state index in [9.17, 15) is 0 Å². The van der Waals surface area contributed by atoms with Crippen LogP contribution >= 0.6 is 0 Å². The van der Waals surface area contributed by atoms with Crippen LogP contribution in [0, 0.1) is 0 Å². The van der Waals surface area contributed by atoms with Crippen LogP contribution in [0.3, 0.4) is 0 Å². The van der Waals surface area contributed by atoms with Gasteiger partial charge in [-0.05, 0) is 80.9 Å². The van der Waals surface area contributed by atoms with Crippen molar-refractivity contribution in [1.82, 2.24) is 0 Å². The van der Waals surface area contributed by atoms with Crippen molar-refractivity contribution in [3.8, 4) is 22.6 Å². The maximum absolute atomic E-state index is 6.97. The molecule has 1 aliphatic carbocycles. The lowest BCUT2D eigenvalue weighted by atomic mass is 9.58. The molecule has 1 unspecified atom stereocenters. The Bertz CT molecular complexity index is 3150. The number of anilines is 3. The summed E-state index contributed by atoms with van der Waals surface area (Å²) < 4.78 is 13.6. The fraction of sp³-hybridized carbons (Fsp3) is 0.0196. The molecule has 1 spiro atoms. The molecular weight excluding hydrogens is 659 g/mol. The fourth-order valence-electron chi connectivity index (χ4n) is 9.48. The van der Waals surface area contributed by atoms with Crippen LogP contribution in [0.15, 0.2) is 192 Å². The summed E-state index contributed by atoms with van der Waals surface area (Å²) in [4.78, 5) is 2.30. The van der Waals surface area contributed by atoms with E-state index >= 15 is 0 Å². The number of nitrogens with zero attached hydrogens (tertiary/aromatic N) is 1. The van der Waals surface area contributed by atoms with Crippen LogP contribution < -0.4 is 9.64 Å². The molecule has 10 aromatic rings. The Morgan fingerprint density at radius 3 is 1.98 bits per heavy atom. The first-order valence-corrected chi connectivity index (χ1v) is 18.5. The Morgan fingerprint density at radius 2 is 1.06 bits per heavy atom. The molecule has 54 heavy (non-hydrogen) atoms. The number of hydrogen-bond donors (Lipinski definition) is 0. The molecule has 12 rings (SSSR count). The van der Waals surface area contributed by atoms with Gasteiger partial charge in [-0.15, -0.1) is 0 Å².